The van der Waals surface area contributed by atoms with Gasteiger partial charge in [0, 0.05) is 18.9 Å². The zero-order valence-corrected chi connectivity index (χ0v) is 8.44. The number of amides is 1. The molecule has 1 amide bonds. The second kappa shape index (κ2) is 6.69. The number of nitrogens with zero attached hydrogens (tertiary/aromatic N) is 1. The lowest BCUT2D eigenvalue weighted by Gasteiger charge is -2.01. The van der Waals surface area contributed by atoms with Crippen LogP contribution in [-0.2, 0) is 11.3 Å². The van der Waals surface area contributed by atoms with Crippen LogP contribution in [0.1, 0.15) is 5.56 Å². The minimum Gasteiger partial charge on any atom is -0.351 e. The van der Waals surface area contributed by atoms with Gasteiger partial charge in [-0.3, -0.25) is 9.78 Å². The van der Waals surface area contributed by atoms with Crippen molar-refractivity contribution in [1.29, 1.82) is 0 Å². The normalized spacial score (nSPS) is 8.69. The van der Waals surface area contributed by atoms with Gasteiger partial charge >= 0.3 is 0 Å². The zero-order valence-electron chi connectivity index (χ0n) is 6.87. The molecule has 0 unspecified atom stereocenters. The van der Waals surface area contributed by atoms with Crippen LogP contribution in [0.4, 0.5) is 0 Å². The van der Waals surface area contributed by atoms with E-state index < -0.39 is 0 Å². The molecule has 0 saturated carbocycles. The number of nitrogens with one attached hydrogen (secondary N) is 1. The third-order valence-electron chi connectivity index (χ3n) is 1.33. The lowest BCUT2D eigenvalue weighted by molar-refractivity contribution is -0.118. The van der Waals surface area contributed by atoms with Gasteiger partial charge in [-0.25, -0.2) is 0 Å². The first-order chi connectivity index (χ1) is 5.83. The van der Waals surface area contributed by atoms with E-state index in [9.17, 15) is 4.79 Å². The van der Waals surface area contributed by atoms with Crippen LogP contribution in [0.25, 0.3) is 0 Å². The number of alkyl halides is 1. The molecule has 0 bridgehead atoms. The number of pyridine rings is 1. The molecule has 0 aromatic carbocycles. The largest absolute Gasteiger partial charge is 0.351 e. The monoisotopic (exact) mass is 220 g/mol. The first kappa shape index (κ1) is 12.2. The molecule has 0 saturated heterocycles. The van der Waals surface area contributed by atoms with Crippen LogP contribution in [0.15, 0.2) is 24.5 Å². The highest BCUT2D eigenvalue weighted by molar-refractivity contribution is 6.27. The number of carbonyl (C=O) groups excluding carboxylic acids is 1. The number of hydrogen-bond acceptors (Lipinski definition) is 2. The molecule has 1 rings (SSSR count). The molecule has 5 heteroatoms. The highest BCUT2D eigenvalue weighted by Gasteiger charge is 1.96. The second-order valence-electron chi connectivity index (χ2n) is 2.27. The first-order valence-electron chi connectivity index (χ1n) is 3.54. The van der Waals surface area contributed by atoms with Crippen molar-refractivity contribution in [3.05, 3.63) is 30.1 Å². The molecule has 0 fully saturated rings. The first-order valence-corrected chi connectivity index (χ1v) is 4.08. The van der Waals surface area contributed by atoms with Crippen molar-refractivity contribution in [2.24, 2.45) is 0 Å². The molecule has 0 aliphatic rings. The summed E-state index contributed by atoms with van der Waals surface area (Å²) in [5.41, 5.74) is 0.968. The molecule has 1 aromatic rings. The average Bonchev–Trinajstić information content (AvgIpc) is 2.16. The van der Waals surface area contributed by atoms with E-state index in [1.54, 1.807) is 12.4 Å². The number of rotatable bonds is 3. The lowest BCUT2D eigenvalue weighted by atomic mass is 10.3. The maximum absolute atomic E-state index is 10.7. The molecule has 1 heterocycles. The summed E-state index contributed by atoms with van der Waals surface area (Å²) in [6.45, 7) is 0.486. The van der Waals surface area contributed by atoms with Gasteiger partial charge in [-0.2, -0.15) is 0 Å². The van der Waals surface area contributed by atoms with Gasteiger partial charge in [0.05, 0.1) is 0 Å². The Kier molecular flexibility index (Phi) is 6.28. The molecule has 1 aromatic heterocycles. The fourth-order valence-corrected chi connectivity index (χ4v) is 0.845. The molecule has 0 aliphatic heterocycles. The Morgan fingerprint density at radius 2 is 2.38 bits per heavy atom. The molecule has 13 heavy (non-hydrogen) atoms. The fourth-order valence-electron chi connectivity index (χ4n) is 0.751. The minimum atomic E-state index is -0.166. The van der Waals surface area contributed by atoms with Gasteiger partial charge < -0.3 is 5.32 Å². The Balaban J connectivity index is 0.00000144. The molecule has 72 valence electrons. The van der Waals surface area contributed by atoms with Gasteiger partial charge in [-0.15, -0.1) is 24.0 Å². The quantitative estimate of drug-likeness (QED) is 0.783. The summed E-state index contributed by atoms with van der Waals surface area (Å²) >= 11 is 5.29. The van der Waals surface area contributed by atoms with Crippen molar-refractivity contribution in [3.8, 4) is 0 Å². The Bertz CT molecular complexity index is 254. The smallest absolute Gasteiger partial charge is 0.235 e. The molecule has 0 aliphatic carbocycles. The van der Waals surface area contributed by atoms with Crippen LogP contribution in [0, 0.1) is 0 Å². The number of carbonyl (C=O) groups is 1. The van der Waals surface area contributed by atoms with Gasteiger partial charge in [0.15, 0.2) is 0 Å². The molecule has 3 nitrogen and oxygen atoms in total. The second-order valence-corrected chi connectivity index (χ2v) is 2.54. The van der Waals surface area contributed by atoms with E-state index >= 15 is 0 Å². The maximum Gasteiger partial charge on any atom is 0.235 e. The molecular formula is C8H10Cl2N2O. The van der Waals surface area contributed by atoms with Crippen molar-refractivity contribution in [1.82, 2.24) is 10.3 Å². The van der Waals surface area contributed by atoms with Crippen molar-refractivity contribution < 1.29 is 4.79 Å². The molecule has 0 spiro atoms. The molecule has 0 atom stereocenters. The summed E-state index contributed by atoms with van der Waals surface area (Å²) in [6.07, 6.45) is 3.39. The number of hydrogen-bond donors (Lipinski definition) is 1. The standard InChI is InChI=1S/C8H9ClN2O.ClH/c9-4-8(12)11-6-7-2-1-3-10-5-7;/h1-3,5H,4,6H2,(H,11,12);1H. The summed E-state index contributed by atoms with van der Waals surface area (Å²) < 4.78 is 0. The summed E-state index contributed by atoms with van der Waals surface area (Å²) in [5.74, 6) is -0.166. The van der Waals surface area contributed by atoms with Gasteiger partial charge in [0.2, 0.25) is 5.91 Å². The highest BCUT2D eigenvalue weighted by Crippen LogP contribution is 1.93. The molecule has 1 N–H and O–H groups in total. The summed E-state index contributed by atoms with van der Waals surface area (Å²) in [4.78, 5) is 14.6. The Morgan fingerprint density at radius 1 is 1.62 bits per heavy atom. The van der Waals surface area contributed by atoms with Crippen LogP contribution in [0.3, 0.4) is 0 Å². The van der Waals surface area contributed by atoms with Crippen LogP contribution in [0.5, 0.6) is 0 Å². The maximum atomic E-state index is 10.7. The fraction of sp³-hybridized carbons (Fsp3) is 0.250. The van der Waals surface area contributed by atoms with Crippen molar-refractivity contribution in [2.45, 2.75) is 6.54 Å². The zero-order chi connectivity index (χ0) is 8.81. The number of halogens is 2. The van der Waals surface area contributed by atoms with E-state index in [1.165, 1.54) is 0 Å². The van der Waals surface area contributed by atoms with Crippen LogP contribution >= 0.6 is 24.0 Å². The predicted octanol–water partition coefficient (Wildman–Crippen LogP) is 1.36. The Labute approximate surface area is 87.9 Å². The summed E-state index contributed by atoms with van der Waals surface area (Å²) in [7, 11) is 0. The third-order valence-corrected chi connectivity index (χ3v) is 1.58. The Hall–Kier alpha value is -0.800. The molecular weight excluding hydrogens is 211 g/mol. The predicted molar refractivity (Wildman–Crippen MR) is 54.1 cm³/mol. The number of aromatic nitrogens is 1. The van der Waals surface area contributed by atoms with E-state index in [1.807, 2.05) is 12.1 Å². The highest BCUT2D eigenvalue weighted by atomic mass is 35.5. The lowest BCUT2D eigenvalue weighted by Crippen LogP contribution is -2.23. The van der Waals surface area contributed by atoms with Crippen LogP contribution in [-0.4, -0.2) is 16.8 Å². The topological polar surface area (TPSA) is 42.0 Å². The van der Waals surface area contributed by atoms with Crippen LogP contribution < -0.4 is 5.32 Å². The van der Waals surface area contributed by atoms with Crippen molar-refractivity contribution in [3.63, 3.8) is 0 Å². The van der Waals surface area contributed by atoms with Crippen molar-refractivity contribution in [2.75, 3.05) is 5.88 Å². The summed E-state index contributed by atoms with van der Waals surface area (Å²) in [6, 6.07) is 3.71. The van der Waals surface area contributed by atoms with Gasteiger partial charge in [-0.1, -0.05) is 6.07 Å². The van der Waals surface area contributed by atoms with E-state index in [-0.39, 0.29) is 24.2 Å². The van der Waals surface area contributed by atoms with Crippen LogP contribution in [0.2, 0.25) is 0 Å². The third kappa shape index (κ3) is 4.70. The molecule has 0 radical (unpaired) electrons. The van der Waals surface area contributed by atoms with Gasteiger partial charge in [0.25, 0.3) is 0 Å². The van der Waals surface area contributed by atoms with E-state index in [0.29, 0.717) is 6.54 Å². The van der Waals surface area contributed by atoms with Crippen molar-refractivity contribution >= 4 is 29.9 Å². The SMILES string of the molecule is Cl.O=C(CCl)NCc1cccnc1. The van der Waals surface area contributed by atoms with Gasteiger partial charge in [-0.05, 0) is 11.6 Å². The summed E-state index contributed by atoms with van der Waals surface area (Å²) in [5, 5.41) is 2.64. The van der Waals surface area contributed by atoms with E-state index in [0.717, 1.165) is 5.56 Å². The van der Waals surface area contributed by atoms with Gasteiger partial charge in [0.1, 0.15) is 5.88 Å². The average molecular weight is 221 g/mol. The van der Waals surface area contributed by atoms with E-state index in [2.05, 4.69) is 10.3 Å². The van der Waals surface area contributed by atoms with E-state index in [4.69, 9.17) is 11.6 Å². The Morgan fingerprint density at radius 3 is 2.92 bits per heavy atom. The minimum absolute atomic E-state index is 0.